The Labute approximate surface area is 73.4 Å². The standard InChI is InChI=1S/C9H17NO2/c1-11-8-7-10-5-4-9(8)3-2-6-12-9/h8,10H,2-7H2,1H3/t8-,9+/m1/s1. The van der Waals surface area contributed by atoms with Crippen LogP contribution in [-0.2, 0) is 9.47 Å². The first kappa shape index (κ1) is 8.48. The molecule has 0 radical (unpaired) electrons. The van der Waals surface area contributed by atoms with E-state index in [-0.39, 0.29) is 11.7 Å². The average molecular weight is 171 g/mol. The molecule has 0 aliphatic carbocycles. The van der Waals surface area contributed by atoms with Gasteiger partial charge < -0.3 is 14.8 Å². The molecule has 0 aromatic heterocycles. The molecule has 12 heavy (non-hydrogen) atoms. The van der Waals surface area contributed by atoms with Gasteiger partial charge in [-0.3, -0.25) is 0 Å². The molecular weight excluding hydrogens is 154 g/mol. The van der Waals surface area contributed by atoms with E-state index in [0.29, 0.717) is 0 Å². The quantitative estimate of drug-likeness (QED) is 0.624. The molecule has 2 saturated heterocycles. The molecule has 2 aliphatic heterocycles. The Bertz CT molecular complexity index is 155. The van der Waals surface area contributed by atoms with Crippen LogP contribution in [0, 0.1) is 0 Å². The third kappa shape index (κ3) is 1.26. The van der Waals surface area contributed by atoms with Crippen LogP contribution in [0.25, 0.3) is 0 Å². The Morgan fingerprint density at radius 3 is 3.08 bits per heavy atom. The van der Waals surface area contributed by atoms with Gasteiger partial charge in [0.15, 0.2) is 0 Å². The van der Waals surface area contributed by atoms with E-state index in [1.165, 1.54) is 12.8 Å². The molecule has 3 heteroatoms. The van der Waals surface area contributed by atoms with Gasteiger partial charge in [0.2, 0.25) is 0 Å². The monoisotopic (exact) mass is 171 g/mol. The molecule has 1 spiro atoms. The molecule has 1 N–H and O–H groups in total. The van der Waals surface area contributed by atoms with Crippen LogP contribution in [-0.4, -0.2) is 38.5 Å². The lowest BCUT2D eigenvalue weighted by molar-refractivity contribution is -0.120. The second-order valence-corrected chi connectivity index (χ2v) is 3.70. The van der Waals surface area contributed by atoms with E-state index >= 15 is 0 Å². The molecule has 0 saturated carbocycles. The summed E-state index contributed by atoms with van der Waals surface area (Å²) in [6, 6.07) is 0. The topological polar surface area (TPSA) is 30.5 Å². The number of hydrogen-bond donors (Lipinski definition) is 1. The van der Waals surface area contributed by atoms with Gasteiger partial charge in [0.1, 0.15) is 0 Å². The van der Waals surface area contributed by atoms with Gasteiger partial charge in [-0.05, 0) is 25.8 Å². The lowest BCUT2D eigenvalue weighted by Gasteiger charge is -2.39. The third-order valence-electron chi connectivity index (χ3n) is 3.06. The summed E-state index contributed by atoms with van der Waals surface area (Å²) in [6.45, 7) is 2.93. The van der Waals surface area contributed by atoms with Gasteiger partial charge in [0, 0.05) is 20.3 Å². The smallest absolute Gasteiger partial charge is 0.0985 e. The van der Waals surface area contributed by atoms with Crippen molar-refractivity contribution < 1.29 is 9.47 Å². The molecule has 2 fully saturated rings. The Balaban J connectivity index is 2.07. The van der Waals surface area contributed by atoms with Gasteiger partial charge in [-0.1, -0.05) is 0 Å². The molecular formula is C9H17NO2. The van der Waals surface area contributed by atoms with E-state index in [0.717, 1.165) is 26.1 Å². The van der Waals surface area contributed by atoms with Crippen molar-refractivity contribution in [3.05, 3.63) is 0 Å². The van der Waals surface area contributed by atoms with Crippen LogP contribution >= 0.6 is 0 Å². The summed E-state index contributed by atoms with van der Waals surface area (Å²) in [5.74, 6) is 0. The highest BCUT2D eigenvalue weighted by Gasteiger charge is 2.44. The van der Waals surface area contributed by atoms with E-state index in [2.05, 4.69) is 5.32 Å². The van der Waals surface area contributed by atoms with Crippen LogP contribution in [0.3, 0.4) is 0 Å². The van der Waals surface area contributed by atoms with Crippen LogP contribution in [0.15, 0.2) is 0 Å². The maximum atomic E-state index is 5.82. The molecule has 0 aromatic rings. The van der Waals surface area contributed by atoms with E-state index in [4.69, 9.17) is 9.47 Å². The fourth-order valence-electron chi connectivity index (χ4n) is 2.35. The zero-order valence-electron chi connectivity index (χ0n) is 7.64. The van der Waals surface area contributed by atoms with E-state index < -0.39 is 0 Å². The number of ether oxygens (including phenoxy) is 2. The zero-order chi connectivity index (χ0) is 8.44. The molecule has 70 valence electrons. The van der Waals surface area contributed by atoms with E-state index in [1.807, 2.05) is 0 Å². The lowest BCUT2D eigenvalue weighted by Crippen LogP contribution is -2.54. The fraction of sp³-hybridized carbons (Fsp3) is 1.00. The number of methoxy groups -OCH3 is 1. The SMILES string of the molecule is CO[C@@H]1CNCC[C@@]12CCCO2. The highest BCUT2D eigenvalue weighted by atomic mass is 16.5. The van der Waals surface area contributed by atoms with Gasteiger partial charge >= 0.3 is 0 Å². The molecule has 0 aromatic carbocycles. The molecule has 2 aliphatic rings. The molecule has 2 heterocycles. The summed E-state index contributed by atoms with van der Waals surface area (Å²) in [6.07, 6.45) is 3.73. The van der Waals surface area contributed by atoms with Crippen LogP contribution in [0.1, 0.15) is 19.3 Å². The van der Waals surface area contributed by atoms with Gasteiger partial charge in [0.25, 0.3) is 0 Å². The summed E-state index contributed by atoms with van der Waals surface area (Å²) >= 11 is 0. The third-order valence-corrected chi connectivity index (χ3v) is 3.06. The summed E-state index contributed by atoms with van der Waals surface area (Å²) in [5.41, 5.74) is 0.0556. The lowest BCUT2D eigenvalue weighted by atomic mass is 9.87. The van der Waals surface area contributed by atoms with Crippen molar-refractivity contribution in [3.63, 3.8) is 0 Å². The minimum atomic E-state index is 0.0556. The van der Waals surface area contributed by atoms with Crippen molar-refractivity contribution in [1.29, 1.82) is 0 Å². The normalized spacial score (nSPS) is 42.2. The van der Waals surface area contributed by atoms with E-state index in [1.54, 1.807) is 7.11 Å². The van der Waals surface area contributed by atoms with E-state index in [9.17, 15) is 0 Å². The first-order valence-electron chi connectivity index (χ1n) is 4.75. The fourth-order valence-corrected chi connectivity index (χ4v) is 2.35. The summed E-state index contributed by atoms with van der Waals surface area (Å²) < 4.78 is 11.3. The summed E-state index contributed by atoms with van der Waals surface area (Å²) in [5, 5.41) is 3.33. The Morgan fingerprint density at radius 2 is 2.42 bits per heavy atom. The minimum Gasteiger partial charge on any atom is -0.377 e. The van der Waals surface area contributed by atoms with Gasteiger partial charge in [-0.25, -0.2) is 0 Å². The largest absolute Gasteiger partial charge is 0.377 e. The van der Waals surface area contributed by atoms with Crippen molar-refractivity contribution in [2.24, 2.45) is 0 Å². The van der Waals surface area contributed by atoms with Crippen LogP contribution in [0.5, 0.6) is 0 Å². The molecule has 0 amide bonds. The van der Waals surface area contributed by atoms with Crippen LogP contribution in [0.4, 0.5) is 0 Å². The van der Waals surface area contributed by atoms with Gasteiger partial charge in [-0.15, -0.1) is 0 Å². The predicted octanol–water partition coefficient (Wildman–Crippen LogP) is 0.544. The zero-order valence-corrected chi connectivity index (χ0v) is 7.64. The van der Waals surface area contributed by atoms with Crippen molar-refractivity contribution in [1.82, 2.24) is 5.32 Å². The summed E-state index contributed by atoms with van der Waals surface area (Å²) in [4.78, 5) is 0. The van der Waals surface area contributed by atoms with Crippen molar-refractivity contribution in [3.8, 4) is 0 Å². The van der Waals surface area contributed by atoms with Crippen LogP contribution in [0.2, 0.25) is 0 Å². The molecule has 0 unspecified atom stereocenters. The second kappa shape index (κ2) is 3.32. The first-order valence-corrected chi connectivity index (χ1v) is 4.75. The Kier molecular flexibility index (Phi) is 2.35. The highest BCUT2D eigenvalue weighted by molar-refractivity contribution is 4.97. The average Bonchev–Trinajstić information content (AvgIpc) is 2.55. The minimum absolute atomic E-state index is 0.0556. The predicted molar refractivity (Wildman–Crippen MR) is 46.2 cm³/mol. The van der Waals surface area contributed by atoms with Crippen molar-refractivity contribution >= 4 is 0 Å². The molecule has 0 bridgehead atoms. The number of piperidine rings is 1. The number of rotatable bonds is 1. The Hall–Kier alpha value is -0.120. The van der Waals surface area contributed by atoms with Gasteiger partial charge in [0.05, 0.1) is 11.7 Å². The van der Waals surface area contributed by atoms with Crippen LogP contribution < -0.4 is 5.32 Å². The van der Waals surface area contributed by atoms with Gasteiger partial charge in [-0.2, -0.15) is 0 Å². The summed E-state index contributed by atoms with van der Waals surface area (Å²) in [7, 11) is 1.78. The van der Waals surface area contributed by atoms with Crippen molar-refractivity contribution in [2.75, 3.05) is 26.8 Å². The highest BCUT2D eigenvalue weighted by Crippen LogP contribution is 2.35. The number of nitrogens with one attached hydrogen (secondary N) is 1. The molecule has 2 rings (SSSR count). The first-order chi connectivity index (χ1) is 5.87. The van der Waals surface area contributed by atoms with Crippen molar-refractivity contribution in [2.45, 2.75) is 31.0 Å². The second-order valence-electron chi connectivity index (χ2n) is 3.70. The Morgan fingerprint density at radius 1 is 1.50 bits per heavy atom. The maximum Gasteiger partial charge on any atom is 0.0985 e. The number of hydrogen-bond acceptors (Lipinski definition) is 3. The molecule has 2 atom stereocenters. The molecule has 3 nitrogen and oxygen atoms in total. The maximum absolute atomic E-state index is 5.82.